The van der Waals surface area contributed by atoms with Crippen molar-refractivity contribution >= 4 is 17.3 Å². The second-order valence-corrected chi connectivity index (χ2v) is 4.37. The van der Waals surface area contributed by atoms with Gasteiger partial charge in [-0.15, -0.1) is 11.3 Å². The highest BCUT2D eigenvalue weighted by Gasteiger charge is 2.13. The second-order valence-electron chi connectivity index (χ2n) is 3.65. The summed E-state index contributed by atoms with van der Waals surface area (Å²) < 4.78 is 7.07. The van der Waals surface area contributed by atoms with Gasteiger partial charge in [-0.1, -0.05) is 0 Å². The highest BCUT2D eigenvalue weighted by Crippen LogP contribution is 2.07. The van der Waals surface area contributed by atoms with Crippen LogP contribution in [0.3, 0.4) is 0 Å². The molecule has 0 aliphatic carbocycles. The molecule has 2 heterocycles. The van der Waals surface area contributed by atoms with E-state index in [1.807, 2.05) is 23.9 Å². The number of esters is 1. The normalized spacial score (nSPS) is 12.3. The number of hydrogen-bond acceptors (Lipinski definition) is 5. The lowest BCUT2D eigenvalue weighted by molar-refractivity contribution is 0.0308. The molecule has 0 spiro atoms. The molecule has 6 heteroatoms. The zero-order valence-electron chi connectivity index (χ0n) is 9.44. The Kier molecular flexibility index (Phi) is 3.87. The molecule has 0 bridgehead atoms. The lowest BCUT2D eigenvalue weighted by atomic mass is 10.3. The first-order valence-electron chi connectivity index (χ1n) is 5.32. The van der Waals surface area contributed by atoms with E-state index in [2.05, 4.69) is 10.1 Å². The molecular formula is C11H13N3O2S. The van der Waals surface area contributed by atoms with E-state index in [0.29, 0.717) is 5.69 Å². The number of nitrogens with zero attached hydrogens (tertiary/aromatic N) is 3. The summed E-state index contributed by atoms with van der Waals surface area (Å²) in [4.78, 5) is 15.5. The van der Waals surface area contributed by atoms with E-state index in [-0.39, 0.29) is 12.1 Å². The summed E-state index contributed by atoms with van der Waals surface area (Å²) in [5, 5.41) is 5.77. The predicted octanol–water partition coefficient (Wildman–Crippen LogP) is 1.98. The standard InChI is InChI=1S/C11H13N3O2S/c1-9(3-6-14-5-2-4-13-14)16-11(15)10-7-17-8-12-10/h2,4-5,7-9H,3,6H2,1H3/t9-/m1/s1. The minimum atomic E-state index is -0.362. The first-order valence-corrected chi connectivity index (χ1v) is 6.26. The van der Waals surface area contributed by atoms with Gasteiger partial charge in [0.15, 0.2) is 5.69 Å². The predicted molar refractivity (Wildman–Crippen MR) is 63.8 cm³/mol. The third-order valence-electron chi connectivity index (χ3n) is 2.27. The fourth-order valence-electron chi connectivity index (χ4n) is 1.36. The molecule has 0 fully saturated rings. The van der Waals surface area contributed by atoms with Crippen molar-refractivity contribution in [2.45, 2.75) is 26.0 Å². The molecule has 0 N–H and O–H groups in total. The van der Waals surface area contributed by atoms with Crippen LogP contribution in [0.2, 0.25) is 0 Å². The van der Waals surface area contributed by atoms with Crippen LogP contribution >= 0.6 is 11.3 Å². The largest absolute Gasteiger partial charge is 0.458 e. The van der Waals surface area contributed by atoms with E-state index in [9.17, 15) is 4.79 Å². The second kappa shape index (κ2) is 5.58. The van der Waals surface area contributed by atoms with Crippen LogP contribution in [0.5, 0.6) is 0 Å². The van der Waals surface area contributed by atoms with Crippen molar-refractivity contribution < 1.29 is 9.53 Å². The molecular weight excluding hydrogens is 238 g/mol. The van der Waals surface area contributed by atoms with Gasteiger partial charge < -0.3 is 4.74 Å². The summed E-state index contributed by atoms with van der Waals surface area (Å²) >= 11 is 1.38. The number of aromatic nitrogens is 3. The molecule has 0 saturated heterocycles. The molecule has 0 amide bonds. The molecule has 0 aliphatic heterocycles. The first kappa shape index (κ1) is 11.8. The van der Waals surface area contributed by atoms with Crippen LogP contribution < -0.4 is 0 Å². The molecule has 0 aliphatic rings. The molecule has 0 unspecified atom stereocenters. The van der Waals surface area contributed by atoms with E-state index < -0.39 is 0 Å². The van der Waals surface area contributed by atoms with Crippen LogP contribution in [-0.2, 0) is 11.3 Å². The Hall–Kier alpha value is -1.69. The summed E-state index contributed by atoms with van der Waals surface area (Å²) in [6.45, 7) is 2.60. The SMILES string of the molecule is C[C@H](CCn1cccn1)OC(=O)c1cscn1. The number of carbonyl (C=O) groups is 1. The molecule has 90 valence electrons. The van der Waals surface area contributed by atoms with Crippen LogP contribution in [0.15, 0.2) is 29.4 Å². The van der Waals surface area contributed by atoms with E-state index in [4.69, 9.17) is 4.74 Å². The number of ether oxygens (including phenoxy) is 1. The summed E-state index contributed by atoms with van der Waals surface area (Å²) in [6, 6.07) is 1.87. The van der Waals surface area contributed by atoms with Crippen molar-refractivity contribution in [1.82, 2.24) is 14.8 Å². The maximum absolute atomic E-state index is 11.6. The minimum Gasteiger partial charge on any atom is -0.458 e. The van der Waals surface area contributed by atoms with Gasteiger partial charge in [-0.3, -0.25) is 4.68 Å². The highest BCUT2D eigenvalue weighted by molar-refractivity contribution is 7.07. The molecule has 0 radical (unpaired) electrons. The topological polar surface area (TPSA) is 57.0 Å². The molecule has 2 aromatic heterocycles. The van der Waals surface area contributed by atoms with Crippen molar-refractivity contribution in [3.8, 4) is 0 Å². The van der Waals surface area contributed by atoms with Crippen molar-refractivity contribution in [3.63, 3.8) is 0 Å². The van der Waals surface area contributed by atoms with Gasteiger partial charge in [-0.2, -0.15) is 5.10 Å². The fourth-order valence-corrected chi connectivity index (χ4v) is 1.88. The Morgan fingerprint density at radius 2 is 2.53 bits per heavy atom. The quantitative estimate of drug-likeness (QED) is 0.762. The molecule has 0 aromatic carbocycles. The summed E-state index contributed by atoms with van der Waals surface area (Å²) in [7, 11) is 0. The van der Waals surface area contributed by atoms with Crippen LogP contribution in [0.25, 0.3) is 0 Å². The van der Waals surface area contributed by atoms with Gasteiger partial charge in [0.25, 0.3) is 0 Å². The Balaban J connectivity index is 1.77. The fraction of sp³-hybridized carbons (Fsp3) is 0.364. The van der Waals surface area contributed by atoms with Gasteiger partial charge >= 0.3 is 5.97 Å². The van der Waals surface area contributed by atoms with Gasteiger partial charge in [0.2, 0.25) is 0 Å². The van der Waals surface area contributed by atoms with Crippen molar-refractivity contribution in [2.75, 3.05) is 0 Å². The van der Waals surface area contributed by atoms with Crippen LogP contribution in [0, 0.1) is 0 Å². The van der Waals surface area contributed by atoms with Crippen molar-refractivity contribution in [2.24, 2.45) is 0 Å². The minimum absolute atomic E-state index is 0.145. The zero-order valence-corrected chi connectivity index (χ0v) is 10.3. The van der Waals surface area contributed by atoms with Gasteiger partial charge in [-0.05, 0) is 13.0 Å². The smallest absolute Gasteiger partial charge is 0.358 e. The molecule has 5 nitrogen and oxygen atoms in total. The zero-order chi connectivity index (χ0) is 12.1. The average molecular weight is 251 g/mol. The van der Waals surface area contributed by atoms with E-state index in [1.165, 1.54) is 11.3 Å². The molecule has 0 saturated carbocycles. The Morgan fingerprint density at radius 1 is 1.65 bits per heavy atom. The van der Waals surface area contributed by atoms with Gasteiger partial charge in [0, 0.05) is 30.7 Å². The summed E-state index contributed by atoms with van der Waals surface area (Å²) in [5.74, 6) is -0.362. The Bertz CT molecular complexity index is 453. The van der Waals surface area contributed by atoms with E-state index >= 15 is 0 Å². The van der Waals surface area contributed by atoms with Crippen molar-refractivity contribution in [3.05, 3.63) is 35.0 Å². The number of aryl methyl sites for hydroxylation is 1. The van der Waals surface area contributed by atoms with Crippen LogP contribution in [0.4, 0.5) is 0 Å². The van der Waals surface area contributed by atoms with E-state index in [1.54, 1.807) is 17.1 Å². The Labute approximate surface area is 103 Å². The summed E-state index contributed by atoms with van der Waals surface area (Å²) in [5.41, 5.74) is 1.99. The lowest BCUT2D eigenvalue weighted by Crippen LogP contribution is -2.17. The van der Waals surface area contributed by atoms with Gasteiger partial charge in [0.1, 0.15) is 6.10 Å². The third-order valence-corrected chi connectivity index (χ3v) is 2.86. The van der Waals surface area contributed by atoms with Gasteiger partial charge in [0.05, 0.1) is 5.51 Å². The maximum Gasteiger partial charge on any atom is 0.358 e. The first-order chi connectivity index (χ1) is 8.25. The number of carbonyl (C=O) groups excluding carboxylic acids is 1. The maximum atomic E-state index is 11.6. The monoisotopic (exact) mass is 251 g/mol. The van der Waals surface area contributed by atoms with Crippen LogP contribution in [-0.4, -0.2) is 26.8 Å². The average Bonchev–Trinajstić information content (AvgIpc) is 2.99. The molecule has 1 atom stereocenters. The van der Waals surface area contributed by atoms with E-state index in [0.717, 1.165) is 13.0 Å². The lowest BCUT2D eigenvalue weighted by Gasteiger charge is -2.12. The summed E-state index contributed by atoms with van der Waals surface area (Å²) in [6.07, 6.45) is 4.20. The number of thiazole rings is 1. The van der Waals surface area contributed by atoms with Crippen LogP contribution in [0.1, 0.15) is 23.8 Å². The molecule has 2 aromatic rings. The van der Waals surface area contributed by atoms with Gasteiger partial charge in [-0.25, -0.2) is 9.78 Å². The third kappa shape index (κ3) is 3.39. The number of rotatable bonds is 5. The van der Waals surface area contributed by atoms with Crippen molar-refractivity contribution in [1.29, 1.82) is 0 Å². The number of hydrogen-bond donors (Lipinski definition) is 0. The molecule has 2 rings (SSSR count). The Morgan fingerprint density at radius 3 is 3.18 bits per heavy atom. The molecule has 17 heavy (non-hydrogen) atoms. The highest BCUT2D eigenvalue weighted by atomic mass is 32.1.